The molecule has 0 unspecified atom stereocenters. The number of rotatable bonds is 2. The first-order chi connectivity index (χ1) is 8.50. The van der Waals surface area contributed by atoms with Crippen LogP contribution < -0.4 is 11.2 Å². The van der Waals surface area contributed by atoms with Gasteiger partial charge in [-0.05, 0) is 12.1 Å². The van der Waals surface area contributed by atoms with Gasteiger partial charge in [-0.15, -0.1) is 0 Å². The molecule has 94 valence electrons. The Morgan fingerprint density at radius 1 is 1.11 bits per heavy atom. The highest BCUT2D eigenvalue weighted by Gasteiger charge is 2.11. The molecule has 0 aliphatic rings. The standard InChI is InChI=1S/C12H10F2N2O2/c1-15-6-5-11(17)16(12(15)18)7-8-9(13)3-2-4-10(8)14/h2-6H,7H2,1H3. The number of benzene rings is 1. The Morgan fingerprint density at radius 3 is 2.33 bits per heavy atom. The maximum atomic E-state index is 13.4. The summed E-state index contributed by atoms with van der Waals surface area (Å²) >= 11 is 0. The van der Waals surface area contributed by atoms with Crippen LogP contribution in [0.25, 0.3) is 0 Å². The number of aromatic nitrogens is 2. The lowest BCUT2D eigenvalue weighted by Crippen LogP contribution is -2.38. The average Bonchev–Trinajstić information content (AvgIpc) is 2.33. The summed E-state index contributed by atoms with van der Waals surface area (Å²) in [6.07, 6.45) is 1.30. The van der Waals surface area contributed by atoms with Gasteiger partial charge in [0.15, 0.2) is 0 Å². The SMILES string of the molecule is Cn1ccc(=O)n(Cc2c(F)cccc2F)c1=O. The summed E-state index contributed by atoms with van der Waals surface area (Å²) in [4.78, 5) is 23.2. The van der Waals surface area contributed by atoms with Crippen molar-refractivity contribution in [2.24, 2.45) is 7.05 Å². The molecule has 2 rings (SSSR count). The van der Waals surface area contributed by atoms with Crippen LogP contribution in [0, 0.1) is 11.6 Å². The molecule has 1 aromatic carbocycles. The lowest BCUT2D eigenvalue weighted by Gasteiger charge is -2.08. The Kier molecular flexibility index (Phi) is 3.10. The first kappa shape index (κ1) is 12.2. The highest BCUT2D eigenvalue weighted by Crippen LogP contribution is 2.12. The number of hydrogen-bond donors (Lipinski definition) is 0. The lowest BCUT2D eigenvalue weighted by molar-refractivity contribution is 0.530. The molecule has 1 heterocycles. The number of nitrogens with zero attached hydrogens (tertiary/aromatic N) is 2. The van der Waals surface area contributed by atoms with Gasteiger partial charge in [0.2, 0.25) is 0 Å². The smallest absolute Gasteiger partial charge is 0.303 e. The van der Waals surface area contributed by atoms with Crippen molar-refractivity contribution in [2.45, 2.75) is 6.54 Å². The van der Waals surface area contributed by atoms with Crippen molar-refractivity contribution >= 4 is 0 Å². The van der Waals surface area contributed by atoms with Gasteiger partial charge >= 0.3 is 5.69 Å². The Hall–Kier alpha value is -2.24. The van der Waals surface area contributed by atoms with Crippen molar-refractivity contribution in [3.8, 4) is 0 Å². The molecule has 0 radical (unpaired) electrons. The predicted molar refractivity (Wildman–Crippen MR) is 61.4 cm³/mol. The number of halogens is 2. The van der Waals surface area contributed by atoms with E-state index in [-0.39, 0.29) is 5.56 Å². The average molecular weight is 252 g/mol. The van der Waals surface area contributed by atoms with Crippen LogP contribution in [0.1, 0.15) is 5.56 Å². The second kappa shape index (κ2) is 4.56. The van der Waals surface area contributed by atoms with Crippen LogP contribution in [0.3, 0.4) is 0 Å². The van der Waals surface area contributed by atoms with Crippen molar-refractivity contribution in [3.05, 3.63) is 68.5 Å². The molecule has 18 heavy (non-hydrogen) atoms. The highest BCUT2D eigenvalue weighted by atomic mass is 19.1. The van der Waals surface area contributed by atoms with Crippen LogP contribution in [-0.2, 0) is 13.6 Å². The molecular weight excluding hydrogens is 242 g/mol. The van der Waals surface area contributed by atoms with Crippen LogP contribution >= 0.6 is 0 Å². The van der Waals surface area contributed by atoms with Gasteiger partial charge in [-0.1, -0.05) is 6.07 Å². The third kappa shape index (κ3) is 2.09. The van der Waals surface area contributed by atoms with E-state index >= 15 is 0 Å². The minimum Gasteiger partial charge on any atom is -0.303 e. The van der Waals surface area contributed by atoms with Crippen molar-refractivity contribution in [1.82, 2.24) is 9.13 Å². The third-order valence-electron chi connectivity index (χ3n) is 2.62. The molecule has 2 aromatic rings. The van der Waals surface area contributed by atoms with E-state index in [0.717, 1.165) is 16.7 Å². The fourth-order valence-corrected chi connectivity index (χ4v) is 1.60. The summed E-state index contributed by atoms with van der Waals surface area (Å²) in [6, 6.07) is 4.55. The van der Waals surface area contributed by atoms with Gasteiger partial charge in [0, 0.05) is 24.9 Å². The largest absolute Gasteiger partial charge is 0.331 e. The molecule has 0 saturated heterocycles. The van der Waals surface area contributed by atoms with Crippen molar-refractivity contribution < 1.29 is 8.78 Å². The fourth-order valence-electron chi connectivity index (χ4n) is 1.60. The topological polar surface area (TPSA) is 44.0 Å². The molecule has 0 atom stereocenters. The summed E-state index contributed by atoms with van der Waals surface area (Å²) in [5, 5.41) is 0. The molecule has 6 heteroatoms. The Labute approximate surface area is 101 Å². The van der Waals surface area contributed by atoms with Gasteiger partial charge in [-0.2, -0.15) is 0 Å². The minimum absolute atomic E-state index is 0.303. The summed E-state index contributed by atoms with van der Waals surface area (Å²) in [6.45, 7) is -0.426. The van der Waals surface area contributed by atoms with E-state index in [1.165, 1.54) is 29.9 Å². The highest BCUT2D eigenvalue weighted by molar-refractivity contribution is 5.20. The summed E-state index contributed by atoms with van der Waals surface area (Å²) in [7, 11) is 1.45. The van der Waals surface area contributed by atoms with Gasteiger partial charge in [0.25, 0.3) is 5.56 Å². The van der Waals surface area contributed by atoms with Crippen LogP contribution in [0.15, 0.2) is 40.1 Å². The second-order valence-electron chi connectivity index (χ2n) is 3.83. The Morgan fingerprint density at radius 2 is 1.72 bits per heavy atom. The van der Waals surface area contributed by atoms with Crippen molar-refractivity contribution in [3.63, 3.8) is 0 Å². The zero-order valence-corrected chi connectivity index (χ0v) is 9.56. The zero-order chi connectivity index (χ0) is 13.3. The van der Waals surface area contributed by atoms with Gasteiger partial charge in [0.05, 0.1) is 6.54 Å². The molecule has 0 amide bonds. The van der Waals surface area contributed by atoms with E-state index in [0.29, 0.717) is 0 Å². The molecular formula is C12H10F2N2O2. The summed E-state index contributed by atoms with van der Waals surface area (Å²) < 4.78 is 28.8. The monoisotopic (exact) mass is 252 g/mol. The van der Waals surface area contributed by atoms with E-state index in [2.05, 4.69) is 0 Å². The summed E-state index contributed by atoms with van der Waals surface area (Å²) in [5.41, 5.74) is -1.52. The van der Waals surface area contributed by atoms with E-state index in [1.54, 1.807) is 0 Å². The third-order valence-corrected chi connectivity index (χ3v) is 2.62. The van der Waals surface area contributed by atoms with Crippen molar-refractivity contribution in [2.75, 3.05) is 0 Å². The number of aryl methyl sites for hydroxylation is 1. The normalized spacial score (nSPS) is 10.6. The fraction of sp³-hybridized carbons (Fsp3) is 0.167. The molecule has 0 fully saturated rings. The minimum atomic E-state index is -0.784. The second-order valence-corrected chi connectivity index (χ2v) is 3.83. The molecule has 0 saturated carbocycles. The zero-order valence-electron chi connectivity index (χ0n) is 9.56. The van der Waals surface area contributed by atoms with E-state index in [1.807, 2.05) is 0 Å². The van der Waals surface area contributed by atoms with E-state index in [9.17, 15) is 18.4 Å². The lowest BCUT2D eigenvalue weighted by atomic mass is 10.2. The maximum absolute atomic E-state index is 13.4. The van der Waals surface area contributed by atoms with Gasteiger partial charge < -0.3 is 4.57 Å². The molecule has 0 aliphatic carbocycles. The molecule has 0 bridgehead atoms. The first-order valence-corrected chi connectivity index (χ1v) is 5.20. The van der Waals surface area contributed by atoms with Crippen LogP contribution in [0.5, 0.6) is 0 Å². The predicted octanol–water partition coefficient (Wildman–Crippen LogP) is 0.873. The molecule has 4 nitrogen and oxygen atoms in total. The molecule has 0 spiro atoms. The van der Waals surface area contributed by atoms with Gasteiger partial charge in [-0.25, -0.2) is 13.6 Å². The molecule has 0 N–H and O–H groups in total. The maximum Gasteiger partial charge on any atom is 0.331 e. The van der Waals surface area contributed by atoms with Crippen molar-refractivity contribution in [1.29, 1.82) is 0 Å². The Bertz CT molecular complexity index is 684. The van der Waals surface area contributed by atoms with E-state index in [4.69, 9.17) is 0 Å². The quantitative estimate of drug-likeness (QED) is 0.796. The van der Waals surface area contributed by atoms with E-state index < -0.39 is 29.4 Å². The molecule has 1 aromatic heterocycles. The van der Waals surface area contributed by atoms with Crippen LogP contribution in [0.4, 0.5) is 8.78 Å². The van der Waals surface area contributed by atoms with Crippen LogP contribution in [0.2, 0.25) is 0 Å². The number of hydrogen-bond acceptors (Lipinski definition) is 2. The van der Waals surface area contributed by atoms with Gasteiger partial charge in [-0.3, -0.25) is 9.36 Å². The first-order valence-electron chi connectivity index (χ1n) is 5.20. The Balaban J connectivity index is 2.57. The van der Waals surface area contributed by atoms with Gasteiger partial charge in [0.1, 0.15) is 11.6 Å². The molecule has 0 aliphatic heterocycles. The van der Waals surface area contributed by atoms with Crippen LogP contribution in [-0.4, -0.2) is 9.13 Å². The summed E-state index contributed by atoms with van der Waals surface area (Å²) in [5.74, 6) is -1.57.